The molecule has 0 saturated carbocycles. The van der Waals surface area contributed by atoms with Gasteiger partial charge in [-0.15, -0.1) is 11.8 Å². The highest BCUT2D eigenvalue weighted by atomic mass is 32.2. The van der Waals surface area contributed by atoms with Gasteiger partial charge in [0.2, 0.25) is 0 Å². The van der Waals surface area contributed by atoms with Crippen LogP contribution in [0.4, 0.5) is 10.5 Å². The maximum atomic E-state index is 12.3. The number of ether oxygens (including phenoxy) is 2. The van der Waals surface area contributed by atoms with Gasteiger partial charge in [0.15, 0.2) is 0 Å². The van der Waals surface area contributed by atoms with Crippen molar-refractivity contribution >= 4 is 35.3 Å². The number of methoxy groups -OCH3 is 1. The highest BCUT2D eigenvalue weighted by Gasteiger charge is 2.36. The van der Waals surface area contributed by atoms with Gasteiger partial charge in [-0.1, -0.05) is 12.1 Å². The van der Waals surface area contributed by atoms with Crippen LogP contribution < -0.4 is 10.6 Å². The molecule has 2 aromatic rings. The first-order valence-electron chi connectivity index (χ1n) is 8.67. The molecule has 1 amide bonds. The molecule has 146 valence electrons. The van der Waals surface area contributed by atoms with Crippen molar-refractivity contribution in [2.45, 2.75) is 23.2 Å². The summed E-state index contributed by atoms with van der Waals surface area (Å²) in [7, 11) is 1.35. The summed E-state index contributed by atoms with van der Waals surface area (Å²) in [5.41, 5.74) is 7.23. The first-order chi connectivity index (χ1) is 13.4. The van der Waals surface area contributed by atoms with Crippen LogP contribution >= 0.6 is 11.8 Å². The summed E-state index contributed by atoms with van der Waals surface area (Å²) in [6.45, 7) is 2.35. The maximum Gasteiger partial charge on any atom is 0.414 e. The second-order valence-corrected chi connectivity index (χ2v) is 7.72. The van der Waals surface area contributed by atoms with Gasteiger partial charge >= 0.3 is 12.1 Å². The van der Waals surface area contributed by atoms with Gasteiger partial charge in [0.05, 0.1) is 19.2 Å². The molecule has 28 heavy (non-hydrogen) atoms. The van der Waals surface area contributed by atoms with Crippen molar-refractivity contribution in [3.63, 3.8) is 0 Å². The fourth-order valence-electron chi connectivity index (χ4n) is 2.89. The van der Waals surface area contributed by atoms with Gasteiger partial charge < -0.3 is 15.2 Å². The summed E-state index contributed by atoms with van der Waals surface area (Å²) in [6, 6.07) is 14.1. The van der Waals surface area contributed by atoms with Gasteiger partial charge in [-0.3, -0.25) is 10.3 Å². The minimum atomic E-state index is -0.422. The molecule has 1 heterocycles. The van der Waals surface area contributed by atoms with Crippen molar-refractivity contribution in [2.75, 3.05) is 18.6 Å². The Morgan fingerprint density at radius 3 is 2.61 bits per heavy atom. The Balaban J connectivity index is 1.71. The van der Waals surface area contributed by atoms with Crippen LogP contribution in [-0.2, 0) is 9.47 Å². The largest absolute Gasteiger partial charge is 0.465 e. The van der Waals surface area contributed by atoms with Crippen LogP contribution in [0.2, 0.25) is 0 Å². The Morgan fingerprint density at radius 1 is 1.29 bits per heavy atom. The fraction of sp³-hybridized carbons (Fsp3) is 0.250. The van der Waals surface area contributed by atoms with Gasteiger partial charge in [-0.2, -0.15) is 0 Å². The number of thioether (sulfide) groups is 1. The number of cyclic esters (lactones) is 1. The number of rotatable bonds is 6. The number of nitrogens with one attached hydrogen (secondary N) is 1. The summed E-state index contributed by atoms with van der Waals surface area (Å²) in [5.74, 6) is -0.423. The van der Waals surface area contributed by atoms with E-state index in [1.165, 1.54) is 18.9 Å². The van der Waals surface area contributed by atoms with E-state index in [9.17, 15) is 9.59 Å². The Labute approximate surface area is 167 Å². The standard InChI is InChI=1S/C20H21N3O4S/c1-12(28-17-6-4-3-5-15(17)19(24)26-2)16-11-23(20(25)27-16)14-9-7-13(8-10-14)18(21)22/h3-10,12,16H,11H2,1-2H3,(H3,21,22). The number of nitrogens with two attached hydrogens (primary N) is 1. The molecule has 7 nitrogen and oxygen atoms in total. The number of anilines is 1. The van der Waals surface area contributed by atoms with Gasteiger partial charge in [0.1, 0.15) is 11.9 Å². The van der Waals surface area contributed by atoms with Crippen molar-refractivity contribution in [2.24, 2.45) is 5.73 Å². The first-order valence-corrected chi connectivity index (χ1v) is 9.55. The van der Waals surface area contributed by atoms with Crippen LogP contribution in [0.5, 0.6) is 0 Å². The minimum Gasteiger partial charge on any atom is -0.465 e. The van der Waals surface area contributed by atoms with Gasteiger partial charge in [0.25, 0.3) is 0 Å². The number of benzene rings is 2. The molecule has 0 aromatic heterocycles. The number of carbonyl (C=O) groups excluding carboxylic acids is 2. The second-order valence-electron chi connectivity index (χ2n) is 6.30. The molecule has 8 heteroatoms. The Hall–Kier alpha value is -3.00. The molecule has 2 aromatic carbocycles. The zero-order valence-corrected chi connectivity index (χ0v) is 16.4. The second kappa shape index (κ2) is 8.35. The van der Waals surface area contributed by atoms with E-state index in [0.717, 1.165) is 4.90 Å². The van der Waals surface area contributed by atoms with E-state index in [2.05, 4.69) is 0 Å². The Bertz CT molecular complexity index is 901. The minimum absolute atomic E-state index is 0.0253. The van der Waals surface area contributed by atoms with E-state index < -0.39 is 12.1 Å². The lowest BCUT2D eigenvalue weighted by Crippen LogP contribution is -2.28. The average molecular weight is 399 g/mol. The number of amides is 1. The molecule has 0 spiro atoms. The number of hydrogen-bond acceptors (Lipinski definition) is 6. The third-order valence-electron chi connectivity index (χ3n) is 4.45. The smallest absolute Gasteiger partial charge is 0.414 e. The van der Waals surface area contributed by atoms with Crippen molar-refractivity contribution in [3.05, 3.63) is 59.7 Å². The van der Waals surface area contributed by atoms with Crippen LogP contribution in [0, 0.1) is 5.41 Å². The van der Waals surface area contributed by atoms with Crippen molar-refractivity contribution < 1.29 is 19.1 Å². The normalized spacial score (nSPS) is 17.1. The van der Waals surface area contributed by atoms with Crippen molar-refractivity contribution in [3.8, 4) is 0 Å². The van der Waals surface area contributed by atoms with E-state index in [0.29, 0.717) is 23.4 Å². The highest BCUT2D eigenvalue weighted by Crippen LogP contribution is 2.33. The monoisotopic (exact) mass is 399 g/mol. The van der Waals surface area contributed by atoms with Gasteiger partial charge in [-0.25, -0.2) is 9.59 Å². The summed E-state index contributed by atoms with van der Waals surface area (Å²) in [5, 5.41) is 7.38. The number of amidine groups is 1. The quantitative estimate of drug-likeness (QED) is 0.334. The lowest BCUT2D eigenvalue weighted by molar-refractivity contribution is 0.0596. The third-order valence-corrected chi connectivity index (χ3v) is 5.74. The van der Waals surface area contributed by atoms with Gasteiger partial charge in [0, 0.05) is 21.4 Å². The van der Waals surface area contributed by atoms with Gasteiger partial charge in [-0.05, 0) is 43.3 Å². The molecule has 3 rings (SSSR count). The number of nitrogen functional groups attached to an aromatic ring is 1. The predicted molar refractivity (Wildman–Crippen MR) is 108 cm³/mol. The summed E-state index contributed by atoms with van der Waals surface area (Å²) >= 11 is 1.47. The Kier molecular flexibility index (Phi) is 5.89. The summed E-state index contributed by atoms with van der Waals surface area (Å²) in [6.07, 6.45) is -0.759. The number of hydrogen-bond donors (Lipinski definition) is 2. The first kappa shape index (κ1) is 19.8. The van der Waals surface area contributed by atoms with E-state index >= 15 is 0 Å². The molecule has 0 bridgehead atoms. The lowest BCUT2D eigenvalue weighted by atomic mass is 10.2. The van der Waals surface area contributed by atoms with Crippen molar-refractivity contribution in [1.82, 2.24) is 0 Å². The predicted octanol–water partition coefficient (Wildman–Crippen LogP) is 3.26. The fourth-order valence-corrected chi connectivity index (χ4v) is 4.01. The molecular formula is C20H21N3O4S. The SMILES string of the molecule is COC(=O)c1ccccc1SC(C)C1CN(c2ccc(C(=N)N)cc2)C(=O)O1. The molecule has 2 atom stereocenters. The molecule has 2 unspecified atom stereocenters. The van der Waals surface area contributed by atoms with E-state index in [1.54, 1.807) is 41.3 Å². The zero-order chi connectivity index (χ0) is 20.3. The van der Waals surface area contributed by atoms with Crippen molar-refractivity contribution in [1.29, 1.82) is 5.41 Å². The summed E-state index contributed by atoms with van der Waals surface area (Å²) < 4.78 is 10.4. The summed E-state index contributed by atoms with van der Waals surface area (Å²) in [4.78, 5) is 26.6. The van der Waals surface area contributed by atoms with E-state index in [1.807, 2.05) is 19.1 Å². The van der Waals surface area contributed by atoms with Crippen LogP contribution in [0.3, 0.4) is 0 Å². The van der Waals surface area contributed by atoms with Crippen LogP contribution in [0.1, 0.15) is 22.8 Å². The van der Waals surface area contributed by atoms with Crippen LogP contribution in [0.25, 0.3) is 0 Å². The molecule has 0 aliphatic carbocycles. The molecule has 1 aliphatic heterocycles. The number of carbonyl (C=O) groups is 2. The molecule has 0 radical (unpaired) electrons. The zero-order valence-electron chi connectivity index (χ0n) is 15.5. The van der Waals surface area contributed by atoms with E-state index in [4.69, 9.17) is 20.6 Å². The molecule has 1 aliphatic rings. The Morgan fingerprint density at radius 2 is 1.96 bits per heavy atom. The maximum absolute atomic E-state index is 12.3. The lowest BCUT2D eigenvalue weighted by Gasteiger charge is -2.18. The third kappa shape index (κ3) is 4.12. The average Bonchev–Trinajstić information content (AvgIpc) is 3.09. The molecular weight excluding hydrogens is 378 g/mol. The number of nitrogens with zero attached hydrogens (tertiary/aromatic N) is 1. The highest BCUT2D eigenvalue weighted by molar-refractivity contribution is 8.00. The van der Waals surface area contributed by atoms with E-state index in [-0.39, 0.29) is 17.2 Å². The molecule has 1 saturated heterocycles. The molecule has 3 N–H and O–H groups in total. The topological polar surface area (TPSA) is 106 Å². The number of esters is 1. The van der Waals surface area contributed by atoms with Crippen LogP contribution in [0.15, 0.2) is 53.4 Å². The molecule has 1 fully saturated rings. The van der Waals surface area contributed by atoms with Crippen LogP contribution in [-0.4, -0.2) is 42.9 Å².